The third-order valence-corrected chi connectivity index (χ3v) is 6.10. The summed E-state index contributed by atoms with van der Waals surface area (Å²) in [5, 5.41) is 3.04. The van der Waals surface area contributed by atoms with Gasteiger partial charge in [-0.3, -0.25) is 4.79 Å². The minimum atomic E-state index is -0.813. The van der Waals surface area contributed by atoms with E-state index in [1.54, 1.807) is 7.11 Å². The number of rotatable bonds is 4. The van der Waals surface area contributed by atoms with Gasteiger partial charge in [0, 0.05) is 31.6 Å². The van der Waals surface area contributed by atoms with E-state index >= 15 is 0 Å². The zero-order valence-corrected chi connectivity index (χ0v) is 12.7. The molecule has 1 heterocycles. The van der Waals surface area contributed by atoms with Crippen LogP contribution in [0.15, 0.2) is 0 Å². The molecule has 20 heavy (non-hydrogen) atoms. The van der Waals surface area contributed by atoms with E-state index in [1.165, 1.54) is 6.42 Å². The lowest BCUT2D eigenvalue weighted by Gasteiger charge is -2.60. The Morgan fingerprint density at radius 3 is 2.70 bits per heavy atom. The Morgan fingerprint density at radius 2 is 2.15 bits per heavy atom. The van der Waals surface area contributed by atoms with Gasteiger partial charge in [-0.25, -0.2) is 0 Å². The van der Waals surface area contributed by atoms with Crippen LogP contribution in [0.25, 0.3) is 0 Å². The molecule has 2 saturated carbocycles. The molecule has 0 spiro atoms. The SMILES string of the molecule is COC1(CNC(=O)C2(N)C3CCOC3C2(C)C)CCC1. The molecule has 2 aliphatic carbocycles. The Balaban J connectivity index is 1.67. The lowest BCUT2D eigenvalue weighted by atomic mass is 9.48. The molecule has 3 rings (SSSR count). The standard InChI is InChI=1S/C15H26N2O3/c1-13(2)11-10(5-8-20-11)15(13,16)12(18)17-9-14(19-3)6-4-7-14/h10-11H,4-9,16H2,1-3H3,(H,17,18). The molecule has 3 N–H and O–H groups in total. The van der Waals surface area contributed by atoms with Crippen LogP contribution in [0.2, 0.25) is 0 Å². The third kappa shape index (κ3) is 1.63. The summed E-state index contributed by atoms with van der Waals surface area (Å²) in [5.41, 5.74) is 5.23. The van der Waals surface area contributed by atoms with Gasteiger partial charge in [0.15, 0.2) is 0 Å². The summed E-state index contributed by atoms with van der Waals surface area (Å²) in [6.07, 6.45) is 4.20. The average molecular weight is 282 g/mol. The van der Waals surface area contributed by atoms with Gasteiger partial charge in [0.25, 0.3) is 0 Å². The molecule has 0 aromatic heterocycles. The van der Waals surface area contributed by atoms with Crippen LogP contribution in [0.1, 0.15) is 39.5 Å². The maximum Gasteiger partial charge on any atom is 0.241 e. The molecule has 0 aromatic carbocycles. The molecule has 1 aliphatic heterocycles. The molecular weight excluding hydrogens is 256 g/mol. The van der Waals surface area contributed by atoms with Gasteiger partial charge in [-0.1, -0.05) is 13.8 Å². The average Bonchev–Trinajstić information content (AvgIpc) is 2.84. The topological polar surface area (TPSA) is 73.6 Å². The van der Waals surface area contributed by atoms with E-state index in [0.717, 1.165) is 19.3 Å². The van der Waals surface area contributed by atoms with E-state index in [4.69, 9.17) is 15.2 Å². The second kappa shape index (κ2) is 4.42. The second-order valence-electron chi connectivity index (χ2n) is 7.20. The summed E-state index contributed by atoms with van der Waals surface area (Å²) in [4.78, 5) is 12.7. The first-order valence-electron chi connectivity index (χ1n) is 7.61. The fourth-order valence-corrected chi connectivity index (χ4v) is 4.26. The van der Waals surface area contributed by atoms with Crippen molar-refractivity contribution in [3.63, 3.8) is 0 Å². The predicted molar refractivity (Wildman–Crippen MR) is 75.1 cm³/mol. The molecule has 3 aliphatic rings. The number of carbonyl (C=O) groups is 1. The van der Waals surface area contributed by atoms with Crippen LogP contribution in [0, 0.1) is 11.3 Å². The van der Waals surface area contributed by atoms with Gasteiger partial charge in [-0.2, -0.15) is 0 Å². The molecule has 3 atom stereocenters. The van der Waals surface area contributed by atoms with E-state index < -0.39 is 5.54 Å². The van der Waals surface area contributed by atoms with Crippen molar-refractivity contribution in [3.05, 3.63) is 0 Å². The highest BCUT2D eigenvalue weighted by atomic mass is 16.5. The van der Waals surface area contributed by atoms with E-state index in [2.05, 4.69) is 5.32 Å². The van der Waals surface area contributed by atoms with Gasteiger partial charge in [-0.15, -0.1) is 0 Å². The van der Waals surface area contributed by atoms with Crippen LogP contribution in [-0.2, 0) is 14.3 Å². The summed E-state index contributed by atoms with van der Waals surface area (Å²) >= 11 is 0. The van der Waals surface area contributed by atoms with Gasteiger partial charge in [0.05, 0.1) is 11.7 Å². The quantitative estimate of drug-likeness (QED) is 0.800. The fraction of sp³-hybridized carbons (Fsp3) is 0.933. The summed E-state index contributed by atoms with van der Waals surface area (Å²) in [5.74, 6) is 0.106. The Kier molecular flexibility index (Phi) is 3.16. The Morgan fingerprint density at radius 1 is 1.45 bits per heavy atom. The largest absolute Gasteiger partial charge is 0.377 e. The van der Waals surface area contributed by atoms with E-state index in [9.17, 15) is 4.79 Å². The van der Waals surface area contributed by atoms with Crippen molar-refractivity contribution in [1.82, 2.24) is 5.32 Å². The van der Waals surface area contributed by atoms with E-state index in [-0.39, 0.29) is 28.9 Å². The number of methoxy groups -OCH3 is 1. The summed E-state index contributed by atoms with van der Waals surface area (Å²) < 4.78 is 11.3. The van der Waals surface area contributed by atoms with Gasteiger partial charge in [-0.05, 0) is 25.7 Å². The number of fused-ring (bicyclic) bond motifs is 1. The lowest BCUT2D eigenvalue weighted by molar-refractivity contribution is -0.177. The predicted octanol–water partition coefficient (Wildman–Crippen LogP) is 0.814. The molecule has 3 fully saturated rings. The summed E-state index contributed by atoms with van der Waals surface area (Å²) in [7, 11) is 1.72. The first-order valence-corrected chi connectivity index (χ1v) is 7.61. The number of ether oxygens (including phenoxy) is 2. The zero-order chi connectivity index (χ0) is 14.6. The monoisotopic (exact) mass is 282 g/mol. The first kappa shape index (κ1) is 14.3. The number of hydrogen-bond donors (Lipinski definition) is 2. The van der Waals surface area contributed by atoms with Gasteiger partial charge in [0.2, 0.25) is 5.91 Å². The van der Waals surface area contributed by atoms with Crippen molar-refractivity contribution in [1.29, 1.82) is 0 Å². The number of nitrogens with two attached hydrogens (primary N) is 1. The lowest BCUT2D eigenvalue weighted by Crippen LogP contribution is -2.80. The van der Waals surface area contributed by atoms with Crippen molar-refractivity contribution in [2.24, 2.45) is 17.1 Å². The van der Waals surface area contributed by atoms with Crippen molar-refractivity contribution >= 4 is 5.91 Å². The van der Waals surface area contributed by atoms with E-state index in [0.29, 0.717) is 13.2 Å². The van der Waals surface area contributed by atoms with Crippen LogP contribution in [0.3, 0.4) is 0 Å². The van der Waals surface area contributed by atoms with Crippen molar-refractivity contribution in [2.45, 2.75) is 56.8 Å². The number of amides is 1. The highest BCUT2D eigenvalue weighted by Gasteiger charge is 2.71. The van der Waals surface area contributed by atoms with Crippen LogP contribution in [0.5, 0.6) is 0 Å². The normalized spacial score (nSPS) is 40.4. The molecule has 1 saturated heterocycles. The highest BCUT2D eigenvalue weighted by Crippen LogP contribution is 2.58. The van der Waals surface area contributed by atoms with E-state index in [1.807, 2.05) is 13.8 Å². The summed E-state index contributed by atoms with van der Waals surface area (Å²) in [6, 6.07) is 0. The van der Waals surface area contributed by atoms with Crippen molar-refractivity contribution in [3.8, 4) is 0 Å². The molecule has 114 valence electrons. The molecule has 5 nitrogen and oxygen atoms in total. The van der Waals surface area contributed by atoms with Gasteiger partial charge < -0.3 is 20.5 Å². The molecule has 0 bridgehead atoms. The maximum atomic E-state index is 12.7. The van der Waals surface area contributed by atoms with Crippen molar-refractivity contribution in [2.75, 3.05) is 20.3 Å². The number of hydrogen-bond acceptors (Lipinski definition) is 4. The first-order chi connectivity index (χ1) is 9.37. The molecule has 1 amide bonds. The molecule has 0 aromatic rings. The van der Waals surface area contributed by atoms with Gasteiger partial charge >= 0.3 is 0 Å². The molecule has 0 radical (unpaired) electrons. The highest BCUT2D eigenvalue weighted by molar-refractivity contribution is 5.89. The minimum absolute atomic E-state index is 0.0439. The Hall–Kier alpha value is -0.650. The Labute approximate surface area is 120 Å². The smallest absolute Gasteiger partial charge is 0.241 e. The maximum absolute atomic E-state index is 12.7. The third-order valence-electron chi connectivity index (χ3n) is 6.10. The number of nitrogens with one attached hydrogen (secondary N) is 1. The molecular formula is C15H26N2O3. The fourth-order valence-electron chi connectivity index (χ4n) is 4.26. The second-order valence-corrected chi connectivity index (χ2v) is 7.20. The molecule has 3 unspecified atom stereocenters. The molecule has 5 heteroatoms. The number of carbonyl (C=O) groups excluding carboxylic acids is 1. The van der Waals surface area contributed by atoms with Crippen LogP contribution in [-0.4, -0.2) is 43.4 Å². The Bertz CT molecular complexity index is 414. The minimum Gasteiger partial charge on any atom is -0.377 e. The van der Waals surface area contributed by atoms with Gasteiger partial charge in [0.1, 0.15) is 5.54 Å². The van der Waals surface area contributed by atoms with Crippen LogP contribution in [0.4, 0.5) is 0 Å². The van der Waals surface area contributed by atoms with Crippen LogP contribution >= 0.6 is 0 Å². The van der Waals surface area contributed by atoms with Crippen LogP contribution < -0.4 is 11.1 Å². The summed E-state index contributed by atoms with van der Waals surface area (Å²) in [6.45, 7) is 5.35. The zero-order valence-electron chi connectivity index (χ0n) is 12.7. The van der Waals surface area contributed by atoms with Crippen molar-refractivity contribution < 1.29 is 14.3 Å².